The average Bonchev–Trinajstić information content (AvgIpc) is 3.43. The molecule has 168 valence electrons. The minimum Gasteiger partial charge on any atom is -0.457 e. The SMILES string of the molecule is c1ccc(Oc2ccc(Oc3ccnc4[nH]nc(N[C@@H]5CCN(C6CCC6)C5)c34)cc2)cc1. The molecule has 1 aliphatic heterocycles. The van der Waals surface area contributed by atoms with Gasteiger partial charge in [0.1, 0.15) is 28.4 Å². The number of anilines is 1. The van der Waals surface area contributed by atoms with Gasteiger partial charge in [0.15, 0.2) is 11.5 Å². The van der Waals surface area contributed by atoms with Crippen LogP contribution in [0.3, 0.4) is 0 Å². The maximum atomic E-state index is 6.24. The monoisotopic (exact) mass is 441 g/mol. The lowest BCUT2D eigenvalue weighted by molar-refractivity contribution is 0.158. The molecule has 1 aliphatic carbocycles. The fraction of sp³-hybridized carbons (Fsp3) is 0.308. The number of rotatable bonds is 7. The Labute approximate surface area is 192 Å². The lowest BCUT2D eigenvalue weighted by atomic mass is 9.92. The Kier molecular flexibility index (Phi) is 5.32. The zero-order valence-corrected chi connectivity index (χ0v) is 18.4. The molecule has 7 nitrogen and oxygen atoms in total. The van der Waals surface area contributed by atoms with Gasteiger partial charge in [0.05, 0.1) is 0 Å². The first-order valence-electron chi connectivity index (χ1n) is 11.7. The van der Waals surface area contributed by atoms with Crippen molar-refractivity contribution >= 4 is 16.9 Å². The molecular formula is C26H27N5O2. The number of ether oxygens (including phenoxy) is 2. The van der Waals surface area contributed by atoms with Crippen molar-refractivity contribution in [3.63, 3.8) is 0 Å². The number of para-hydroxylation sites is 1. The van der Waals surface area contributed by atoms with Crippen LogP contribution in [0.25, 0.3) is 11.0 Å². The van der Waals surface area contributed by atoms with Crippen molar-refractivity contribution in [1.82, 2.24) is 20.1 Å². The number of fused-ring (bicyclic) bond motifs is 1. The highest BCUT2D eigenvalue weighted by molar-refractivity contribution is 5.93. The fourth-order valence-electron chi connectivity index (χ4n) is 4.62. The van der Waals surface area contributed by atoms with Crippen LogP contribution in [-0.2, 0) is 0 Å². The largest absolute Gasteiger partial charge is 0.457 e. The molecule has 2 aromatic heterocycles. The molecule has 2 N–H and O–H groups in total. The third-order valence-electron chi connectivity index (χ3n) is 6.61. The number of aromatic nitrogens is 3. The molecule has 0 unspecified atom stereocenters. The number of nitrogens with zero attached hydrogens (tertiary/aromatic N) is 3. The van der Waals surface area contributed by atoms with Crippen LogP contribution in [0, 0.1) is 0 Å². The van der Waals surface area contributed by atoms with Crippen LogP contribution in [-0.4, -0.2) is 45.3 Å². The van der Waals surface area contributed by atoms with Crippen molar-refractivity contribution in [2.45, 2.75) is 37.8 Å². The lowest BCUT2D eigenvalue weighted by Gasteiger charge is -2.34. The van der Waals surface area contributed by atoms with Crippen molar-refractivity contribution in [3.05, 3.63) is 66.9 Å². The lowest BCUT2D eigenvalue weighted by Crippen LogP contribution is -2.39. The second-order valence-corrected chi connectivity index (χ2v) is 8.80. The van der Waals surface area contributed by atoms with Crippen LogP contribution in [0.1, 0.15) is 25.7 Å². The zero-order valence-electron chi connectivity index (χ0n) is 18.4. The van der Waals surface area contributed by atoms with E-state index in [2.05, 4.69) is 25.4 Å². The molecule has 2 aromatic carbocycles. The molecule has 1 saturated heterocycles. The van der Waals surface area contributed by atoms with Crippen molar-refractivity contribution in [1.29, 1.82) is 0 Å². The van der Waals surface area contributed by atoms with Crippen molar-refractivity contribution in [2.24, 2.45) is 0 Å². The van der Waals surface area contributed by atoms with E-state index in [1.807, 2.05) is 60.7 Å². The van der Waals surface area contributed by atoms with Gasteiger partial charge in [0.2, 0.25) is 0 Å². The number of aromatic amines is 1. The van der Waals surface area contributed by atoms with Gasteiger partial charge in [-0.15, -0.1) is 0 Å². The molecule has 33 heavy (non-hydrogen) atoms. The van der Waals surface area contributed by atoms with E-state index in [-0.39, 0.29) is 0 Å². The van der Waals surface area contributed by atoms with Crippen LogP contribution >= 0.6 is 0 Å². The molecule has 0 amide bonds. The Morgan fingerprint density at radius 2 is 1.64 bits per heavy atom. The molecule has 2 aliphatic rings. The van der Waals surface area contributed by atoms with Crippen LogP contribution in [0.5, 0.6) is 23.0 Å². The zero-order chi connectivity index (χ0) is 22.0. The molecule has 0 bridgehead atoms. The molecular weight excluding hydrogens is 414 g/mol. The molecule has 3 heterocycles. The highest BCUT2D eigenvalue weighted by Gasteiger charge is 2.32. The summed E-state index contributed by atoms with van der Waals surface area (Å²) in [5.74, 6) is 3.82. The summed E-state index contributed by atoms with van der Waals surface area (Å²) in [6.45, 7) is 2.22. The first kappa shape index (κ1) is 20.1. The van der Waals surface area contributed by atoms with Crippen LogP contribution in [0.4, 0.5) is 5.82 Å². The number of likely N-dealkylation sites (tertiary alicyclic amines) is 1. The number of nitrogens with one attached hydrogen (secondary N) is 2. The number of pyridine rings is 1. The van der Waals surface area contributed by atoms with Gasteiger partial charge >= 0.3 is 0 Å². The van der Waals surface area contributed by atoms with Crippen molar-refractivity contribution in [3.8, 4) is 23.0 Å². The molecule has 4 aromatic rings. The molecule has 0 radical (unpaired) electrons. The Hall–Kier alpha value is -3.58. The summed E-state index contributed by atoms with van der Waals surface area (Å²) >= 11 is 0. The molecule has 1 saturated carbocycles. The maximum absolute atomic E-state index is 6.24. The van der Waals surface area contributed by atoms with Gasteiger partial charge in [0.25, 0.3) is 0 Å². The second-order valence-electron chi connectivity index (χ2n) is 8.80. The van der Waals surface area contributed by atoms with Crippen molar-refractivity contribution in [2.75, 3.05) is 18.4 Å². The predicted molar refractivity (Wildman–Crippen MR) is 128 cm³/mol. The summed E-state index contributed by atoms with van der Waals surface area (Å²) in [7, 11) is 0. The minimum atomic E-state index is 0.388. The van der Waals surface area contributed by atoms with Crippen LogP contribution in [0.2, 0.25) is 0 Å². The average molecular weight is 442 g/mol. The Bertz CT molecular complexity index is 1220. The van der Waals surface area contributed by atoms with E-state index >= 15 is 0 Å². The first-order chi connectivity index (χ1) is 16.3. The summed E-state index contributed by atoms with van der Waals surface area (Å²) in [6.07, 6.45) is 6.92. The Morgan fingerprint density at radius 1 is 0.879 bits per heavy atom. The van der Waals surface area contributed by atoms with Gasteiger partial charge in [-0.05, 0) is 55.7 Å². The Morgan fingerprint density at radius 3 is 2.39 bits per heavy atom. The summed E-state index contributed by atoms with van der Waals surface area (Å²) < 4.78 is 12.1. The summed E-state index contributed by atoms with van der Waals surface area (Å²) in [5, 5.41) is 12.1. The standard InChI is InChI=1S/C26H27N5O2/c1-2-7-20(8-3-1)32-21-9-11-22(12-10-21)33-23-13-15-27-25-24(23)26(30-29-25)28-18-14-16-31(17-18)19-5-4-6-19/h1-3,7-13,15,18-19H,4-6,14,16-17H2,(H2,27,28,29,30)/t18-/m1/s1. The third-order valence-corrected chi connectivity index (χ3v) is 6.61. The molecule has 2 fully saturated rings. The third kappa shape index (κ3) is 4.24. The van der Waals surface area contributed by atoms with E-state index in [1.165, 1.54) is 19.3 Å². The highest BCUT2D eigenvalue weighted by Crippen LogP contribution is 2.35. The molecule has 6 rings (SSSR count). The number of hydrogen-bond acceptors (Lipinski definition) is 6. The van der Waals surface area contributed by atoms with Crippen LogP contribution < -0.4 is 14.8 Å². The highest BCUT2D eigenvalue weighted by atomic mass is 16.5. The van der Waals surface area contributed by atoms with Gasteiger partial charge in [-0.1, -0.05) is 24.6 Å². The van der Waals surface area contributed by atoms with Gasteiger partial charge in [-0.25, -0.2) is 4.98 Å². The summed E-state index contributed by atoms with van der Waals surface area (Å²) in [5.41, 5.74) is 0.716. The van der Waals surface area contributed by atoms with E-state index < -0.39 is 0 Å². The van der Waals surface area contributed by atoms with Gasteiger partial charge in [-0.2, -0.15) is 5.10 Å². The summed E-state index contributed by atoms with van der Waals surface area (Å²) in [6, 6.07) is 20.4. The van der Waals surface area contributed by atoms with E-state index in [0.29, 0.717) is 11.7 Å². The molecule has 7 heteroatoms. The Balaban J connectivity index is 1.17. The number of hydrogen-bond donors (Lipinski definition) is 2. The van der Waals surface area contributed by atoms with E-state index in [1.54, 1.807) is 6.20 Å². The number of benzene rings is 2. The van der Waals surface area contributed by atoms with Gasteiger partial charge < -0.3 is 14.8 Å². The van der Waals surface area contributed by atoms with Crippen LogP contribution in [0.15, 0.2) is 66.9 Å². The topological polar surface area (TPSA) is 75.3 Å². The molecule has 0 spiro atoms. The van der Waals surface area contributed by atoms with Gasteiger partial charge in [0, 0.05) is 37.4 Å². The first-order valence-corrected chi connectivity index (χ1v) is 11.7. The van der Waals surface area contributed by atoms with E-state index in [9.17, 15) is 0 Å². The second kappa shape index (κ2) is 8.75. The normalized spacial score (nSPS) is 18.8. The van der Waals surface area contributed by atoms with Crippen molar-refractivity contribution < 1.29 is 9.47 Å². The smallest absolute Gasteiger partial charge is 0.161 e. The summed E-state index contributed by atoms with van der Waals surface area (Å²) in [4.78, 5) is 7.05. The fourth-order valence-corrected chi connectivity index (χ4v) is 4.62. The quantitative estimate of drug-likeness (QED) is 0.390. The predicted octanol–water partition coefficient (Wildman–Crippen LogP) is 5.58. The van der Waals surface area contributed by atoms with E-state index in [0.717, 1.165) is 59.8 Å². The number of H-pyrrole nitrogens is 1. The van der Waals surface area contributed by atoms with E-state index in [4.69, 9.17) is 9.47 Å². The molecule has 1 atom stereocenters. The maximum Gasteiger partial charge on any atom is 0.161 e. The minimum absolute atomic E-state index is 0.388. The van der Waals surface area contributed by atoms with Gasteiger partial charge in [-0.3, -0.25) is 10.00 Å².